The van der Waals surface area contributed by atoms with E-state index < -0.39 is 8.07 Å². The third-order valence-corrected chi connectivity index (χ3v) is 12.6. The Hall–Kier alpha value is -5.78. The molecule has 9 rings (SSSR count). The van der Waals surface area contributed by atoms with Gasteiger partial charge in [0, 0.05) is 66.2 Å². The molecule has 0 aliphatic rings. The summed E-state index contributed by atoms with van der Waals surface area (Å²) in [5, 5.41) is 3.69. The monoisotopic (exact) mass is 966 g/mol. The van der Waals surface area contributed by atoms with E-state index in [2.05, 4.69) is 158 Å². The van der Waals surface area contributed by atoms with Gasteiger partial charge in [-0.3, -0.25) is 15.0 Å². The molecule has 1 radical (unpaired) electrons. The molecule has 0 fully saturated rings. The molecule has 0 aliphatic carbocycles. The van der Waals surface area contributed by atoms with Crippen LogP contribution in [-0.2, 0) is 20.1 Å². The minimum absolute atomic E-state index is 0. The van der Waals surface area contributed by atoms with Crippen molar-refractivity contribution in [2.24, 2.45) is 0 Å². The van der Waals surface area contributed by atoms with E-state index in [-0.39, 0.29) is 20.1 Å². The summed E-state index contributed by atoms with van der Waals surface area (Å²) in [7, 11) is -1.22. The van der Waals surface area contributed by atoms with Crippen LogP contribution >= 0.6 is 0 Å². The van der Waals surface area contributed by atoms with E-state index in [0.717, 1.165) is 63.0 Å². The molecule has 4 heterocycles. The zero-order valence-corrected chi connectivity index (χ0v) is 37.9. The second-order valence-corrected chi connectivity index (χ2v) is 20.6. The van der Waals surface area contributed by atoms with Gasteiger partial charge in [-0.1, -0.05) is 143 Å². The number of aromatic nitrogens is 3. The first kappa shape index (κ1) is 42.8. The second-order valence-electron chi connectivity index (χ2n) is 15.5. The van der Waals surface area contributed by atoms with Crippen LogP contribution in [0.15, 0.2) is 193 Å². The van der Waals surface area contributed by atoms with Crippen LogP contribution in [-0.4, -0.2) is 23.0 Å². The summed E-state index contributed by atoms with van der Waals surface area (Å²) in [6.07, 6.45) is 8.08. The molecule has 5 aromatic carbocycles. The van der Waals surface area contributed by atoms with Crippen LogP contribution in [0.1, 0.15) is 38.2 Å². The molecular weight excluding hydrogens is 915 g/mol. The maximum absolute atomic E-state index is 6.11. The first-order chi connectivity index (χ1) is 28.3. The standard InChI is InChI=1S/C28H25NO.C14H17NSi.C11H9N.Ir/c1-3-19(4-2)22-14-15-29-26(18-22)23-11-13-28-25(17-23)24-16-21(10-12-27(24)30-28)20-8-6-5-7-9-20;1-16(2,3)13-9-10-14(15-11-13)12-7-5-4-6-8-12;1-2-6-10(7-3-1)11-8-4-5-9-12-11;/h5-19H,3-4H2,1-2H3;4-11H,1-3H3;1-9H;. The third-order valence-electron chi connectivity index (χ3n) is 10.5. The average molecular weight is 966 g/mol. The maximum Gasteiger partial charge on any atom is 0.135 e. The fraction of sp³-hybridized carbons (Fsp3) is 0.151. The molecule has 9 aromatic rings. The van der Waals surface area contributed by atoms with Gasteiger partial charge >= 0.3 is 0 Å². The van der Waals surface area contributed by atoms with E-state index in [1.165, 1.54) is 27.4 Å². The largest absolute Gasteiger partial charge is 0.456 e. The van der Waals surface area contributed by atoms with Crippen molar-refractivity contribution in [3.8, 4) is 44.9 Å². The van der Waals surface area contributed by atoms with E-state index in [1.54, 1.807) is 0 Å². The molecule has 0 amide bonds. The number of hydrogen-bond donors (Lipinski definition) is 0. The zero-order chi connectivity index (χ0) is 40.3. The third kappa shape index (κ3) is 10.8. The van der Waals surface area contributed by atoms with E-state index in [0.29, 0.717) is 5.92 Å². The van der Waals surface area contributed by atoms with Gasteiger partial charge in [-0.05, 0) is 101 Å². The van der Waals surface area contributed by atoms with Crippen molar-refractivity contribution in [3.05, 3.63) is 194 Å². The number of fused-ring (bicyclic) bond motifs is 3. The number of nitrogens with zero attached hydrogens (tertiary/aromatic N) is 3. The summed E-state index contributed by atoms with van der Waals surface area (Å²) in [4.78, 5) is 13.5. The van der Waals surface area contributed by atoms with Crippen molar-refractivity contribution < 1.29 is 24.5 Å². The molecule has 4 nitrogen and oxygen atoms in total. The summed E-state index contributed by atoms with van der Waals surface area (Å²) in [5.74, 6) is 0.582. The van der Waals surface area contributed by atoms with Gasteiger partial charge in [-0.2, -0.15) is 0 Å². The van der Waals surface area contributed by atoms with Crippen molar-refractivity contribution in [2.45, 2.75) is 52.2 Å². The Balaban J connectivity index is 0.000000169. The predicted molar refractivity (Wildman–Crippen MR) is 248 cm³/mol. The first-order valence-electron chi connectivity index (χ1n) is 20.3. The predicted octanol–water partition coefficient (Wildman–Crippen LogP) is 14.3. The van der Waals surface area contributed by atoms with Crippen LogP contribution in [0.25, 0.3) is 66.8 Å². The first-order valence-corrected chi connectivity index (χ1v) is 23.8. The van der Waals surface area contributed by atoms with Gasteiger partial charge in [0.25, 0.3) is 0 Å². The Bertz CT molecular complexity index is 2620. The van der Waals surface area contributed by atoms with Crippen LogP contribution in [0.5, 0.6) is 0 Å². The molecule has 0 saturated heterocycles. The average Bonchev–Trinajstić information content (AvgIpc) is 3.66. The quantitative estimate of drug-likeness (QED) is 0.142. The molecule has 0 saturated carbocycles. The summed E-state index contributed by atoms with van der Waals surface area (Å²) >= 11 is 0. The number of hydrogen-bond acceptors (Lipinski definition) is 4. The van der Waals surface area contributed by atoms with Gasteiger partial charge in [0.15, 0.2) is 0 Å². The zero-order valence-electron chi connectivity index (χ0n) is 34.5. The molecular formula is C53H51IrN3OSi. The summed E-state index contributed by atoms with van der Waals surface area (Å²) in [5.41, 5.74) is 12.2. The Kier molecular flexibility index (Phi) is 14.7. The van der Waals surface area contributed by atoms with Crippen LogP contribution in [0.3, 0.4) is 0 Å². The van der Waals surface area contributed by atoms with Crippen molar-refractivity contribution in [2.75, 3.05) is 0 Å². The smallest absolute Gasteiger partial charge is 0.135 e. The Morgan fingerprint density at radius 2 is 0.983 bits per heavy atom. The molecule has 0 atom stereocenters. The van der Waals surface area contributed by atoms with Crippen LogP contribution < -0.4 is 5.19 Å². The van der Waals surface area contributed by atoms with E-state index in [9.17, 15) is 0 Å². The fourth-order valence-corrected chi connectivity index (χ4v) is 8.16. The number of pyridine rings is 3. The molecule has 6 heteroatoms. The van der Waals surface area contributed by atoms with Gasteiger partial charge in [-0.25, -0.2) is 0 Å². The van der Waals surface area contributed by atoms with Crippen molar-refractivity contribution in [3.63, 3.8) is 0 Å². The van der Waals surface area contributed by atoms with Gasteiger partial charge < -0.3 is 4.42 Å². The minimum Gasteiger partial charge on any atom is -0.456 e. The molecule has 0 spiro atoms. The van der Waals surface area contributed by atoms with Crippen LogP contribution in [0, 0.1) is 0 Å². The summed E-state index contributed by atoms with van der Waals surface area (Å²) in [6.45, 7) is 11.5. The van der Waals surface area contributed by atoms with Crippen LogP contribution in [0.2, 0.25) is 19.6 Å². The van der Waals surface area contributed by atoms with E-state index >= 15 is 0 Å². The van der Waals surface area contributed by atoms with Gasteiger partial charge in [0.05, 0.1) is 25.2 Å². The Morgan fingerprint density at radius 3 is 1.51 bits per heavy atom. The van der Waals surface area contributed by atoms with Gasteiger partial charge in [-0.15, -0.1) is 0 Å². The fourth-order valence-electron chi connectivity index (χ4n) is 7.13. The minimum atomic E-state index is -1.22. The summed E-state index contributed by atoms with van der Waals surface area (Å²) < 4.78 is 6.11. The molecule has 0 N–H and O–H groups in total. The normalized spacial score (nSPS) is 10.9. The van der Waals surface area contributed by atoms with E-state index in [4.69, 9.17) is 4.42 Å². The molecule has 4 aromatic heterocycles. The number of furan rings is 1. The van der Waals surface area contributed by atoms with Crippen molar-refractivity contribution >= 4 is 35.2 Å². The van der Waals surface area contributed by atoms with Crippen LogP contribution in [0.4, 0.5) is 0 Å². The number of benzene rings is 5. The maximum atomic E-state index is 6.11. The summed E-state index contributed by atoms with van der Waals surface area (Å²) in [6, 6.07) is 58.4. The molecule has 0 aliphatic heterocycles. The second kappa shape index (κ2) is 20.3. The topological polar surface area (TPSA) is 51.8 Å². The Labute approximate surface area is 363 Å². The van der Waals surface area contributed by atoms with Crippen molar-refractivity contribution in [1.82, 2.24) is 15.0 Å². The SMILES string of the molecule is CCC(CC)c1ccnc(-c2ccc3oc4ccc(-c5ccccc5)cc4c3c2)c1.C[Si](C)(C)c1ccc(-c2ccccc2)nc1.[Ir].c1ccc(-c2ccccn2)cc1. The van der Waals surface area contributed by atoms with Gasteiger partial charge in [0.1, 0.15) is 11.2 Å². The van der Waals surface area contributed by atoms with Gasteiger partial charge in [0.2, 0.25) is 0 Å². The molecule has 0 unspecified atom stereocenters. The Morgan fingerprint density at radius 1 is 0.458 bits per heavy atom. The van der Waals surface area contributed by atoms with E-state index in [1.807, 2.05) is 79.3 Å². The number of rotatable bonds is 8. The molecule has 0 bridgehead atoms. The molecule has 297 valence electrons. The molecule has 59 heavy (non-hydrogen) atoms. The van der Waals surface area contributed by atoms with Crippen molar-refractivity contribution in [1.29, 1.82) is 0 Å².